The van der Waals surface area contributed by atoms with Gasteiger partial charge in [-0.3, -0.25) is 9.69 Å². The monoisotopic (exact) mass is 398 g/mol. The van der Waals surface area contributed by atoms with Crippen molar-refractivity contribution in [2.75, 3.05) is 28.9 Å². The van der Waals surface area contributed by atoms with Crippen molar-refractivity contribution in [3.8, 4) is 0 Å². The summed E-state index contributed by atoms with van der Waals surface area (Å²) in [5, 5.41) is 6.70. The summed E-state index contributed by atoms with van der Waals surface area (Å²) in [6, 6.07) is 26.6. The molecule has 1 atom stereocenters. The molecule has 1 aliphatic rings. The van der Waals surface area contributed by atoms with Crippen LogP contribution in [0.1, 0.15) is 24.2 Å². The summed E-state index contributed by atoms with van der Waals surface area (Å²) in [5.41, 5.74) is 5.23. The van der Waals surface area contributed by atoms with Gasteiger partial charge in [-0.1, -0.05) is 48.0 Å². The molecule has 4 rings (SSSR count). The molecule has 0 saturated carbocycles. The highest BCUT2D eigenvalue weighted by Gasteiger charge is 2.39. The van der Waals surface area contributed by atoms with Crippen LogP contribution in [0.15, 0.2) is 84.0 Å². The number of hydrogen-bond donors (Lipinski definition) is 0. The first-order chi connectivity index (χ1) is 14.5. The average Bonchev–Trinajstić information content (AvgIpc) is 3.16. The van der Waals surface area contributed by atoms with E-state index in [1.165, 1.54) is 5.56 Å². The SMILES string of the molecule is CC(=O)C1=NN(c2ccccc2)[C@H](c2ccc(N(C)C)cc2)N1c1ccc(C)cc1. The molecule has 0 amide bonds. The number of nitrogens with zero attached hydrogens (tertiary/aromatic N) is 4. The number of hydrogen-bond acceptors (Lipinski definition) is 5. The third kappa shape index (κ3) is 3.66. The fraction of sp³-hybridized carbons (Fsp3) is 0.200. The predicted molar refractivity (Wildman–Crippen MR) is 124 cm³/mol. The van der Waals surface area contributed by atoms with Gasteiger partial charge in [0.1, 0.15) is 0 Å². The van der Waals surface area contributed by atoms with Crippen molar-refractivity contribution < 1.29 is 4.79 Å². The highest BCUT2D eigenvalue weighted by molar-refractivity contribution is 6.44. The van der Waals surface area contributed by atoms with Crippen LogP contribution >= 0.6 is 0 Å². The number of ketones is 1. The summed E-state index contributed by atoms with van der Waals surface area (Å²) in [5.74, 6) is 0.369. The number of hydrazone groups is 1. The predicted octanol–water partition coefficient (Wildman–Crippen LogP) is 4.99. The summed E-state index contributed by atoms with van der Waals surface area (Å²) in [6.45, 7) is 3.63. The lowest BCUT2D eigenvalue weighted by atomic mass is 10.1. The van der Waals surface area contributed by atoms with Gasteiger partial charge in [0.2, 0.25) is 0 Å². The second kappa shape index (κ2) is 8.03. The molecule has 0 N–H and O–H groups in total. The molecule has 0 bridgehead atoms. The maximum Gasteiger partial charge on any atom is 0.198 e. The van der Waals surface area contributed by atoms with E-state index in [2.05, 4.69) is 48.2 Å². The van der Waals surface area contributed by atoms with Gasteiger partial charge >= 0.3 is 0 Å². The van der Waals surface area contributed by atoms with Gasteiger partial charge in [0.05, 0.1) is 5.69 Å². The van der Waals surface area contributed by atoms with E-state index < -0.39 is 0 Å². The van der Waals surface area contributed by atoms with Crippen LogP contribution in [0.2, 0.25) is 0 Å². The normalized spacial score (nSPS) is 15.9. The fourth-order valence-electron chi connectivity index (χ4n) is 3.65. The Morgan fingerprint density at radius 1 is 0.867 bits per heavy atom. The molecule has 0 fully saturated rings. The Morgan fingerprint density at radius 2 is 1.50 bits per heavy atom. The molecule has 3 aromatic rings. The minimum absolute atomic E-state index is 0.0658. The number of Topliss-reactive ketones (excluding diaryl/α,β-unsaturated/α-hetero) is 1. The third-order valence-electron chi connectivity index (χ3n) is 5.26. The van der Waals surface area contributed by atoms with Gasteiger partial charge in [0.15, 0.2) is 17.8 Å². The van der Waals surface area contributed by atoms with Crippen molar-refractivity contribution in [1.82, 2.24) is 0 Å². The first kappa shape index (κ1) is 19.7. The fourth-order valence-corrected chi connectivity index (χ4v) is 3.65. The molecule has 1 aliphatic heterocycles. The number of amidine groups is 1. The highest BCUT2D eigenvalue weighted by Crippen LogP contribution is 2.39. The van der Waals surface area contributed by atoms with Crippen LogP contribution in [-0.2, 0) is 4.79 Å². The van der Waals surface area contributed by atoms with Crippen LogP contribution in [0.5, 0.6) is 0 Å². The van der Waals surface area contributed by atoms with E-state index in [1.807, 2.05) is 66.5 Å². The molecule has 0 radical (unpaired) electrons. The van der Waals surface area contributed by atoms with E-state index in [9.17, 15) is 4.79 Å². The van der Waals surface area contributed by atoms with Crippen molar-refractivity contribution in [2.45, 2.75) is 20.0 Å². The smallest absolute Gasteiger partial charge is 0.198 e. The van der Waals surface area contributed by atoms with Gasteiger partial charge in [0.25, 0.3) is 0 Å². The van der Waals surface area contributed by atoms with Gasteiger partial charge in [-0.15, -0.1) is 5.10 Å². The van der Waals surface area contributed by atoms with E-state index in [0.29, 0.717) is 5.84 Å². The summed E-state index contributed by atoms with van der Waals surface area (Å²) < 4.78 is 0. The van der Waals surface area contributed by atoms with Crippen molar-refractivity contribution in [3.63, 3.8) is 0 Å². The van der Waals surface area contributed by atoms with Crippen molar-refractivity contribution in [3.05, 3.63) is 90.0 Å². The molecule has 0 aromatic heterocycles. The molecule has 1 heterocycles. The molecule has 0 aliphatic carbocycles. The van der Waals surface area contributed by atoms with E-state index in [0.717, 1.165) is 22.6 Å². The Bertz CT molecular complexity index is 1060. The number of benzene rings is 3. The van der Waals surface area contributed by atoms with E-state index >= 15 is 0 Å². The number of aryl methyl sites for hydroxylation is 1. The zero-order chi connectivity index (χ0) is 21.3. The molecule has 0 spiro atoms. The third-order valence-corrected chi connectivity index (χ3v) is 5.26. The van der Waals surface area contributed by atoms with E-state index in [-0.39, 0.29) is 11.9 Å². The van der Waals surface area contributed by atoms with Crippen LogP contribution in [0.3, 0.4) is 0 Å². The van der Waals surface area contributed by atoms with Gasteiger partial charge in [-0.25, -0.2) is 5.01 Å². The van der Waals surface area contributed by atoms with Gasteiger partial charge in [-0.05, 0) is 48.9 Å². The van der Waals surface area contributed by atoms with Crippen LogP contribution < -0.4 is 14.8 Å². The Balaban J connectivity index is 1.86. The second-order valence-electron chi connectivity index (χ2n) is 7.73. The Labute approximate surface area is 177 Å². The lowest BCUT2D eigenvalue weighted by Gasteiger charge is -2.32. The largest absolute Gasteiger partial charge is 0.378 e. The van der Waals surface area contributed by atoms with Gasteiger partial charge in [-0.2, -0.15) is 0 Å². The molecular formula is C25H26N4O. The maximum absolute atomic E-state index is 12.6. The Kier molecular flexibility index (Phi) is 5.27. The summed E-state index contributed by atoms with van der Waals surface area (Å²) in [6.07, 6.45) is -0.259. The number of anilines is 3. The molecule has 5 heteroatoms. The van der Waals surface area contributed by atoms with Crippen LogP contribution in [0.4, 0.5) is 17.1 Å². The number of carbonyl (C=O) groups excluding carboxylic acids is 1. The molecule has 5 nitrogen and oxygen atoms in total. The summed E-state index contributed by atoms with van der Waals surface area (Å²) in [4.78, 5) is 16.7. The molecule has 152 valence electrons. The van der Waals surface area contributed by atoms with Crippen molar-refractivity contribution in [1.29, 1.82) is 0 Å². The summed E-state index contributed by atoms with van der Waals surface area (Å²) in [7, 11) is 4.05. The molecular weight excluding hydrogens is 372 g/mol. The van der Waals surface area contributed by atoms with E-state index in [1.54, 1.807) is 6.92 Å². The van der Waals surface area contributed by atoms with Crippen LogP contribution in [0.25, 0.3) is 0 Å². The average molecular weight is 399 g/mol. The zero-order valence-electron chi connectivity index (χ0n) is 17.8. The topological polar surface area (TPSA) is 39.2 Å². The first-order valence-corrected chi connectivity index (χ1v) is 10.0. The van der Waals surface area contributed by atoms with Crippen molar-refractivity contribution in [2.24, 2.45) is 5.10 Å². The summed E-state index contributed by atoms with van der Waals surface area (Å²) >= 11 is 0. The standard InChI is InChI=1S/C25H26N4O/c1-18-10-14-22(15-11-18)28-24(19(2)30)26-29(23-8-6-5-7-9-23)25(28)20-12-16-21(17-13-20)27(3)4/h5-17,25H,1-4H3/t25-/m1/s1. The van der Waals surface area contributed by atoms with Gasteiger partial charge < -0.3 is 4.90 Å². The Morgan fingerprint density at radius 3 is 2.07 bits per heavy atom. The quantitative estimate of drug-likeness (QED) is 0.607. The maximum atomic E-state index is 12.6. The Hall–Kier alpha value is -3.60. The number of para-hydroxylation sites is 1. The first-order valence-electron chi connectivity index (χ1n) is 10.0. The number of rotatable bonds is 5. The van der Waals surface area contributed by atoms with Crippen LogP contribution in [0, 0.1) is 6.92 Å². The highest BCUT2D eigenvalue weighted by atomic mass is 16.1. The van der Waals surface area contributed by atoms with Crippen LogP contribution in [-0.4, -0.2) is 25.7 Å². The molecule has 30 heavy (non-hydrogen) atoms. The zero-order valence-corrected chi connectivity index (χ0v) is 17.8. The van der Waals surface area contributed by atoms with E-state index in [4.69, 9.17) is 5.10 Å². The molecule has 3 aromatic carbocycles. The van der Waals surface area contributed by atoms with Gasteiger partial charge in [0, 0.05) is 32.4 Å². The molecule has 0 unspecified atom stereocenters. The lowest BCUT2D eigenvalue weighted by Crippen LogP contribution is -2.37. The molecule has 0 saturated heterocycles. The van der Waals surface area contributed by atoms with Crippen molar-refractivity contribution >= 4 is 28.7 Å². The second-order valence-corrected chi connectivity index (χ2v) is 7.73. The number of carbonyl (C=O) groups is 1. The minimum atomic E-state index is -0.259. The minimum Gasteiger partial charge on any atom is -0.378 e. The lowest BCUT2D eigenvalue weighted by molar-refractivity contribution is -0.111.